The highest BCUT2D eigenvalue weighted by Crippen LogP contribution is 2.34. The van der Waals surface area contributed by atoms with Crippen LogP contribution in [0.25, 0.3) is 21.0 Å². The van der Waals surface area contributed by atoms with Crippen molar-refractivity contribution >= 4 is 28.8 Å². The maximum Gasteiger partial charge on any atom is 0.107 e. The third-order valence-electron chi connectivity index (χ3n) is 2.21. The van der Waals surface area contributed by atoms with Crippen molar-refractivity contribution in [3.8, 4) is 21.0 Å². The van der Waals surface area contributed by atoms with Crippen LogP contribution in [0.15, 0.2) is 24.7 Å². The van der Waals surface area contributed by atoms with E-state index in [4.69, 9.17) is 5.73 Å². The van der Waals surface area contributed by atoms with Gasteiger partial charge in [-0.15, -0.1) is 10.2 Å². The third kappa shape index (κ3) is 1.77. The molecule has 2 N–H and O–H groups in total. The molecular formula is C9H6N6S2. The van der Waals surface area contributed by atoms with Crippen LogP contribution >= 0.6 is 23.1 Å². The van der Waals surface area contributed by atoms with E-state index in [0.717, 1.165) is 15.3 Å². The predicted octanol–water partition coefficient (Wildman–Crippen LogP) is 1.70. The van der Waals surface area contributed by atoms with E-state index < -0.39 is 0 Å². The fraction of sp³-hybridized carbons (Fsp3) is 0. The molecule has 0 aliphatic rings. The quantitative estimate of drug-likeness (QED) is 0.756. The number of nitrogens with zero attached hydrogens (tertiary/aromatic N) is 5. The van der Waals surface area contributed by atoms with Gasteiger partial charge in [-0.25, -0.2) is 0 Å². The average molecular weight is 262 g/mol. The van der Waals surface area contributed by atoms with Gasteiger partial charge in [0.05, 0.1) is 27.8 Å². The summed E-state index contributed by atoms with van der Waals surface area (Å²) >= 11 is 2.56. The van der Waals surface area contributed by atoms with E-state index >= 15 is 0 Å². The van der Waals surface area contributed by atoms with Crippen LogP contribution in [-0.2, 0) is 0 Å². The molecule has 3 rings (SSSR count). The molecule has 0 amide bonds. The highest BCUT2D eigenvalue weighted by Gasteiger charge is 2.13. The molecule has 8 heteroatoms. The maximum atomic E-state index is 6.11. The third-order valence-corrected chi connectivity index (χ3v) is 3.58. The fourth-order valence-corrected chi connectivity index (χ4v) is 2.52. The minimum atomic E-state index is 0.601. The first kappa shape index (κ1) is 10.2. The normalized spacial score (nSPS) is 10.6. The van der Waals surface area contributed by atoms with E-state index in [1.807, 2.05) is 6.07 Å². The highest BCUT2D eigenvalue weighted by atomic mass is 32.1. The van der Waals surface area contributed by atoms with Crippen molar-refractivity contribution in [1.82, 2.24) is 24.2 Å². The van der Waals surface area contributed by atoms with Crippen LogP contribution in [0.1, 0.15) is 0 Å². The second-order valence-corrected chi connectivity index (χ2v) is 4.76. The monoisotopic (exact) mass is 262 g/mol. The number of pyridine rings is 1. The molecule has 0 aliphatic carbocycles. The van der Waals surface area contributed by atoms with Gasteiger partial charge >= 0.3 is 0 Å². The summed E-state index contributed by atoms with van der Waals surface area (Å²) in [4.78, 5) is 6.03. The van der Waals surface area contributed by atoms with E-state index in [1.165, 1.54) is 23.1 Å². The molecule has 0 fully saturated rings. The lowest BCUT2D eigenvalue weighted by molar-refractivity contribution is 1.15. The van der Waals surface area contributed by atoms with E-state index in [2.05, 4.69) is 24.2 Å². The van der Waals surface area contributed by atoms with Crippen LogP contribution in [0, 0.1) is 0 Å². The van der Waals surface area contributed by atoms with Gasteiger partial charge < -0.3 is 5.73 Å². The van der Waals surface area contributed by atoms with Crippen molar-refractivity contribution in [2.45, 2.75) is 0 Å². The van der Waals surface area contributed by atoms with Crippen LogP contribution < -0.4 is 5.73 Å². The van der Waals surface area contributed by atoms with E-state index in [-0.39, 0.29) is 0 Å². The van der Waals surface area contributed by atoms with Gasteiger partial charge in [0.25, 0.3) is 0 Å². The summed E-state index contributed by atoms with van der Waals surface area (Å²) in [6, 6.07) is 1.85. The average Bonchev–Trinajstić information content (AvgIpc) is 3.02. The van der Waals surface area contributed by atoms with Gasteiger partial charge in [-0.05, 0) is 29.1 Å². The molecular weight excluding hydrogens is 256 g/mol. The lowest BCUT2D eigenvalue weighted by Crippen LogP contribution is -1.94. The summed E-state index contributed by atoms with van der Waals surface area (Å²) in [7, 11) is 0. The van der Waals surface area contributed by atoms with Gasteiger partial charge in [0.1, 0.15) is 5.69 Å². The minimum Gasteiger partial charge on any atom is -0.396 e. The summed E-state index contributed by atoms with van der Waals surface area (Å²) < 4.78 is 7.63. The summed E-state index contributed by atoms with van der Waals surface area (Å²) in [5, 5.41) is 7.59. The number of aromatic nitrogens is 5. The van der Waals surface area contributed by atoms with Crippen LogP contribution in [0.3, 0.4) is 0 Å². The van der Waals surface area contributed by atoms with Gasteiger partial charge in [-0.3, -0.25) is 4.98 Å². The van der Waals surface area contributed by atoms with E-state index in [1.54, 1.807) is 18.6 Å². The number of anilines is 1. The van der Waals surface area contributed by atoms with Crippen molar-refractivity contribution in [1.29, 1.82) is 0 Å². The Labute approximate surface area is 104 Å². The van der Waals surface area contributed by atoms with Crippen molar-refractivity contribution in [3.05, 3.63) is 24.7 Å². The van der Waals surface area contributed by atoms with Crippen LogP contribution in [0.4, 0.5) is 5.69 Å². The summed E-state index contributed by atoms with van der Waals surface area (Å²) in [5.74, 6) is 0. The first-order chi connectivity index (χ1) is 8.36. The van der Waals surface area contributed by atoms with Crippen molar-refractivity contribution in [3.63, 3.8) is 0 Å². The molecule has 0 bridgehead atoms. The van der Waals surface area contributed by atoms with E-state index in [0.29, 0.717) is 11.4 Å². The lowest BCUT2D eigenvalue weighted by Gasteiger charge is -2.05. The zero-order valence-corrected chi connectivity index (χ0v) is 10.1. The first-order valence-electron chi connectivity index (χ1n) is 4.66. The maximum absolute atomic E-state index is 6.11. The predicted molar refractivity (Wildman–Crippen MR) is 66.5 cm³/mol. The molecule has 3 aromatic rings. The molecule has 0 unspecified atom stereocenters. The molecule has 3 aromatic heterocycles. The second-order valence-electron chi connectivity index (χ2n) is 3.18. The Morgan fingerprint density at radius 2 is 1.71 bits per heavy atom. The molecule has 0 aromatic carbocycles. The Morgan fingerprint density at radius 3 is 2.35 bits per heavy atom. The van der Waals surface area contributed by atoms with E-state index in [9.17, 15) is 0 Å². The van der Waals surface area contributed by atoms with Crippen molar-refractivity contribution < 1.29 is 0 Å². The molecule has 84 valence electrons. The number of hydrogen-bond acceptors (Lipinski definition) is 8. The SMILES string of the molecule is Nc1c(-c2cnns2)ccnc1-c1cnns1. The number of hydrogen-bond donors (Lipinski definition) is 1. The highest BCUT2D eigenvalue weighted by molar-refractivity contribution is 7.09. The fourth-order valence-electron chi connectivity index (χ4n) is 1.44. The summed E-state index contributed by atoms with van der Waals surface area (Å²) in [5.41, 5.74) is 8.29. The Morgan fingerprint density at radius 1 is 1.00 bits per heavy atom. The molecule has 0 aliphatic heterocycles. The largest absolute Gasteiger partial charge is 0.396 e. The molecule has 0 saturated carbocycles. The minimum absolute atomic E-state index is 0.601. The molecule has 0 radical (unpaired) electrons. The second kappa shape index (κ2) is 4.15. The lowest BCUT2D eigenvalue weighted by atomic mass is 10.1. The molecule has 17 heavy (non-hydrogen) atoms. The van der Waals surface area contributed by atoms with Gasteiger partial charge in [0, 0.05) is 11.8 Å². The topological polar surface area (TPSA) is 90.5 Å². The molecule has 3 heterocycles. The van der Waals surface area contributed by atoms with Crippen LogP contribution in [0.2, 0.25) is 0 Å². The smallest absolute Gasteiger partial charge is 0.107 e. The Hall–Kier alpha value is -1.93. The van der Waals surface area contributed by atoms with Gasteiger partial charge in [0.15, 0.2) is 0 Å². The number of nitrogens with two attached hydrogens (primary N) is 1. The van der Waals surface area contributed by atoms with Gasteiger partial charge in [-0.2, -0.15) is 0 Å². The number of nitrogen functional groups attached to an aromatic ring is 1. The van der Waals surface area contributed by atoms with Crippen LogP contribution in [-0.4, -0.2) is 24.2 Å². The summed E-state index contributed by atoms with van der Waals surface area (Å²) in [6.07, 6.45) is 5.05. The van der Waals surface area contributed by atoms with Gasteiger partial charge in [0.2, 0.25) is 0 Å². The Balaban J connectivity index is 2.17. The summed E-state index contributed by atoms with van der Waals surface area (Å²) in [6.45, 7) is 0. The zero-order chi connectivity index (χ0) is 11.7. The standard InChI is InChI=1S/C9H6N6S2/c10-8-5(6-3-12-14-16-6)1-2-11-9(8)7-4-13-15-17-7/h1-4H,10H2. The molecule has 0 spiro atoms. The molecule has 0 atom stereocenters. The molecule has 6 nitrogen and oxygen atoms in total. The van der Waals surface area contributed by atoms with Crippen molar-refractivity contribution in [2.24, 2.45) is 0 Å². The zero-order valence-electron chi connectivity index (χ0n) is 8.44. The first-order valence-corrected chi connectivity index (χ1v) is 6.21. The van der Waals surface area contributed by atoms with Crippen molar-refractivity contribution in [2.75, 3.05) is 5.73 Å². The Kier molecular flexibility index (Phi) is 2.50. The van der Waals surface area contributed by atoms with Crippen LogP contribution in [0.5, 0.6) is 0 Å². The number of rotatable bonds is 2. The van der Waals surface area contributed by atoms with Gasteiger partial charge in [-0.1, -0.05) is 8.98 Å². The Bertz CT molecular complexity index is 566. The molecule has 0 saturated heterocycles.